The van der Waals surface area contributed by atoms with E-state index in [0.29, 0.717) is 17.5 Å². The van der Waals surface area contributed by atoms with Crippen LogP contribution in [-0.2, 0) is 0 Å². The fourth-order valence-electron chi connectivity index (χ4n) is 7.01. The maximum Gasteiger partial charge on any atom is 0.164 e. The van der Waals surface area contributed by atoms with Crippen molar-refractivity contribution in [2.75, 3.05) is 0 Å². The molecule has 0 saturated heterocycles. The predicted octanol–water partition coefficient (Wildman–Crippen LogP) is 12.5. The third kappa shape index (κ3) is 4.79. The molecule has 0 fully saturated rings. The van der Waals surface area contributed by atoms with Crippen molar-refractivity contribution in [3.05, 3.63) is 164 Å². The molecule has 0 atom stereocenters. The zero-order valence-electron chi connectivity index (χ0n) is 26.7. The van der Waals surface area contributed by atoms with Crippen molar-refractivity contribution < 1.29 is 4.42 Å². The van der Waals surface area contributed by atoms with E-state index < -0.39 is 0 Å². The van der Waals surface area contributed by atoms with E-state index in [1.807, 2.05) is 47.7 Å². The molecule has 10 aromatic rings. The summed E-state index contributed by atoms with van der Waals surface area (Å²) in [6.45, 7) is 0. The summed E-state index contributed by atoms with van der Waals surface area (Å²) in [6.07, 6.45) is 0. The van der Waals surface area contributed by atoms with Gasteiger partial charge in [-0.05, 0) is 58.7 Å². The van der Waals surface area contributed by atoms with Crippen LogP contribution in [0.2, 0.25) is 0 Å². The fourth-order valence-corrected chi connectivity index (χ4v) is 8.14. The van der Waals surface area contributed by atoms with Gasteiger partial charge in [-0.2, -0.15) is 0 Å². The van der Waals surface area contributed by atoms with Gasteiger partial charge >= 0.3 is 0 Å². The number of thiophene rings is 1. The van der Waals surface area contributed by atoms with E-state index >= 15 is 0 Å². The summed E-state index contributed by atoms with van der Waals surface area (Å²) in [4.78, 5) is 15.0. The third-order valence-corrected chi connectivity index (χ3v) is 10.5. The first-order valence-electron chi connectivity index (χ1n) is 16.6. The predicted molar refractivity (Wildman–Crippen MR) is 207 cm³/mol. The van der Waals surface area contributed by atoms with Crippen LogP contribution in [0.1, 0.15) is 0 Å². The zero-order chi connectivity index (χ0) is 33.0. The molecule has 0 aliphatic carbocycles. The van der Waals surface area contributed by atoms with E-state index in [-0.39, 0.29) is 0 Å². The topological polar surface area (TPSA) is 51.8 Å². The molecule has 234 valence electrons. The Bertz CT molecular complexity index is 2870. The summed E-state index contributed by atoms with van der Waals surface area (Å²) in [7, 11) is 0. The average molecular weight is 658 g/mol. The monoisotopic (exact) mass is 657 g/mol. The highest BCUT2D eigenvalue weighted by atomic mass is 32.1. The first-order chi connectivity index (χ1) is 24.8. The van der Waals surface area contributed by atoms with Crippen LogP contribution >= 0.6 is 11.3 Å². The second-order valence-corrected chi connectivity index (χ2v) is 13.5. The van der Waals surface area contributed by atoms with Crippen molar-refractivity contribution in [1.29, 1.82) is 0 Å². The number of furan rings is 1. The number of rotatable bonds is 5. The van der Waals surface area contributed by atoms with Crippen LogP contribution < -0.4 is 0 Å². The molecule has 0 radical (unpaired) electrons. The van der Waals surface area contributed by atoms with Crippen LogP contribution in [0.3, 0.4) is 0 Å². The minimum Gasteiger partial charge on any atom is -0.456 e. The van der Waals surface area contributed by atoms with Crippen LogP contribution in [0.4, 0.5) is 0 Å². The Morgan fingerprint density at radius 3 is 1.74 bits per heavy atom. The molecule has 0 saturated carbocycles. The van der Waals surface area contributed by atoms with E-state index in [4.69, 9.17) is 19.4 Å². The Morgan fingerprint density at radius 2 is 0.940 bits per heavy atom. The summed E-state index contributed by atoms with van der Waals surface area (Å²) < 4.78 is 9.16. The van der Waals surface area contributed by atoms with Gasteiger partial charge in [0.15, 0.2) is 17.5 Å². The third-order valence-electron chi connectivity index (χ3n) is 9.34. The lowest BCUT2D eigenvalue weighted by molar-refractivity contribution is 0.669. The number of hydrogen-bond donors (Lipinski definition) is 0. The smallest absolute Gasteiger partial charge is 0.164 e. The Hall–Kier alpha value is -6.43. The second-order valence-electron chi connectivity index (χ2n) is 12.4. The molecule has 0 aliphatic rings. The molecule has 10 rings (SSSR count). The van der Waals surface area contributed by atoms with Crippen LogP contribution in [0.5, 0.6) is 0 Å². The van der Waals surface area contributed by atoms with Gasteiger partial charge in [0.05, 0.1) is 0 Å². The first-order valence-corrected chi connectivity index (χ1v) is 17.4. The van der Waals surface area contributed by atoms with E-state index in [2.05, 4.69) is 127 Å². The van der Waals surface area contributed by atoms with Crippen LogP contribution in [0.15, 0.2) is 168 Å². The molecule has 5 heteroatoms. The quantitative estimate of drug-likeness (QED) is 0.185. The standard InChI is InChI=1S/C45H27N3OS/c1-3-12-28(13-4-1)30-16-9-17-31(26-30)44-46-43(29-14-5-2-6-15-29)47-45(48-44)32-24-25-35-38(27-32)49-37-21-10-19-33(41(35)37)34-20-11-23-40-42(34)36-18-7-8-22-39(36)50-40/h1-27H. The van der Waals surface area contributed by atoms with Gasteiger partial charge in [0, 0.05) is 47.6 Å². The van der Waals surface area contributed by atoms with E-state index in [0.717, 1.165) is 55.3 Å². The van der Waals surface area contributed by atoms with Gasteiger partial charge in [0.2, 0.25) is 0 Å². The van der Waals surface area contributed by atoms with Crippen molar-refractivity contribution in [3.63, 3.8) is 0 Å². The highest BCUT2D eigenvalue weighted by Crippen LogP contribution is 2.44. The summed E-state index contributed by atoms with van der Waals surface area (Å²) in [6, 6.07) is 56.7. The van der Waals surface area contributed by atoms with Gasteiger partial charge < -0.3 is 4.42 Å². The van der Waals surface area contributed by atoms with Gasteiger partial charge in [-0.3, -0.25) is 0 Å². The summed E-state index contributed by atoms with van der Waals surface area (Å²) in [5, 5.41) is 4.73. The van der Waals surface area contributed by atoms with E-state index in [9.17, 15) is 0 Å². The molecule has 0 spiro atoms. The number of nitrogens with zero attached hydrogens (tertiary/aromatic N) is 3. The van der Waals surface area contributed by atoms with Crippen LogP contribution in [0.25, 0.3) is 98.5 Å². The molecule has 7 aromatic carbocycles. The molecule has 0 amide bonds. The van der Waals surface area contributed by atoms with Gasteiger partial charge in [0.1, 0.15) is 11.2 Å². The number of aromatic nitrogens is 3. The molecular formula is C45H27N3OS. The van der Waals surface area contributed by atoms with Crippen LogP contribution in [-0.4, -0.2) is 15.0 Å². The van der Waals surface area contributed by atoms with Crippen molar-refractivity contribution >= 4 is 53.4 Å². The lowest BCUT2D eigenvalue weighted by Crippen LogP contribution is -2.00. The molecule has 0 unspecified atom stereocenters. The van der Waals surface area contributed by atoms with Gasteiger partial charge in [-0.25, -0.2) is 15.0 Å². The minimum atomic E-state index is 0.594. The maximum atomic E-state index is 6.58. The largest absolute Gasteiger partial charge is 0.456 e. The summed E-state index contributed by atoms with van der Waals surface area (Å²) >= 11 is 1.84. The molecule has 4 nitrogen and oxygen atoms in total. The lowest BCUT2D eigenvalue weighted by Gasteiger charge is -2.10. The van der Waals surface area contributed by atoms with Crippen molar-refractivity contribution in [1.82, 2.24) is 15.0 Å². The Kier molecular flexibility index (Phi) is 6.64. The Balaban J connectivity index is 1.14. The molecule has 50 heavy (non-hydrogen) atoms. The van der Waals surface area contributed by atoms with Gasteiger partial charge in [-0.15, -0.1) is 11.3 Å². The molecule has 0 N–H and O–H groups in total. The Labute approximate surface area is 292 Å². The van der Waals surface area contributed by atoms with Crippen LogP contribution in [0, 0.1) is 0 Å². The zero-order valence-corrected chi connectivity index (χ0v) is 27.6. The van der Waals surface area contributed by atoms with Crippen molar-refractivity contribution in [2.45, 2.75) is 0 Å². The summed E-state index contributed by atoms with van der Waals surface area (Å²) in [5.41, 5.74) is 9.00. The highest BCUT2D eigenvalue weighted by Gasteiger charge is 2.19. The van der Waals surface area contributed by atoms with Gasteiger partial charge in [-0.1, -0.05) is 127 Å². The van der Waals surface area contributed by atoms with Crippen molar-refractivity contribution in [3.8, 4) is 56.4 Å². The number of fused-ring (bicyclic) bond motifs is 6. The second kappa shape index (κ2) is 11.6. The average Bonchev–Trinajstić information content (AvgIpc) is 3.77. The van der Waals surface area contributed by atoms with E-state index in [1.165, 1.54) is 25.7 Å². The maximum absolute atomic E-state index is 6.58. The van der Waals surface area contributed by atoms with E-state index in [1.54, 1.807) is 0 Å². The highest BCUT2D eigenvalue weighted by molar-refractivity contribution is 7.25. The molecule has 0 aliphatic heterocycles. The molecule has 3 heterocycles. The first kappa shape index (κ1) is 28.6. The number of benzene rings is 7. The van der Waals surface area contributed by atoms with Crippen molar-refractivity contribution in [2.24, 2.45) is 0 Å². The number of hydrogen-bond acceptors (Lipinski definition) is 5. The fraction of sp³-hybridized carbons (Fsp3) is 0. The normalized spacial score (nSPS) is 11.6. The summed E-state index contributed by atoms with van der Waals surface area (Å²) in [5.74, 6) is 1.84. The SMILES string of the molecule is c1ccc(-c2cccc(-c3nc(-c4ccccc4)nc(-c4ccc5c(c4)oc4cccc(-c6cccc7sc8ccccc8c67)c45)n3)c2)cc1. The Morgan fingerprint density at radius 1 is 0.360 bits per heavy atom. The lowest BCUT2D eigenvalue weighted by atomic mass is 9.95. The van der Waals surface area contributed by atoms with Gasteiger partial charge in [0.25, 0.3) is 0 Å². The molecule has 3 aromatic heterocycles. The molecular weight excluding hydrogens is 631 g/mol. The minimum absolute atomic E-state index is 0.594. The molecule has 0 bridgehead atoms.